The number of hydrogen-bond acceptors (Lipinski definition) is 7. The third-order valence-corrected chi connectivity index (χ3v) is 7.83. The molecule has 11 heteroatoms. The van der Waals surface area contributed by atoms with Gasteiger partial charge >= 0.3 is 11.8 Å². The summed E-state index contributed by atoms with van der Waals surface area (Å²) in [7, 11) is -1.05. The van der Waals surface area contributed by atoms with E-state index in [2.05, 4.69) is 10.6 Å². The van der Waals surface area contributed by atoms with Crippen LogP contribution in [0.25, 0.3) is 0 Å². The second kappa shape index (κ2) is 11.7. The van der Waals surface area contributed by atoms with Gasteiger partial charge in [-0.15, -0.1) is 0 Å². The minimum Gasteiger partial charge on any atom is -0.493 e. The van der Waals surface area contributed by atoms with Gasteiger partial charge in [-0.3, -0.25) is 9.59 Å². The van der Waals surface area contributed by atoms with E-state index in [-0.39, 0.29) is 29.8 Å². The quantitative estimate of drug-likeness (QED) is 0.444. The molecule has 33 heavy (non-hydrogen) atoms. The summed E-state index contributed by atoms with van der Waals surface area (Å²) in [6.45, 7) is 0.446. The Morgan fingerprint density at radius 3 is 2.39 bits per heavy atom. The molecule has 1 aromatic rings. The number of ether oxygens (including phenoxy) is 3. The van der Waals surface area contributed by atoms with Gasteiger partial charge in [-0.2, -0.15) is 4.31 Å². The first-order chi connectivity index (χ1) is 15.9. The smallest absolute Gasteiger partial charge is 0.309 e. The molecule has 10 nitrogen and oxygen atoms in total. The molecule has 2 amide bonds. The lowest BCUT2D eigenvalue weighted by atomic mass is 10.1. The Bertz CT molecular complexity index is 930. The van der Waals surface area contributed by atoms with E-state index in [1.807, 2.05) is 0 Å². The fourth-order valence-electron chi connectivity index (χ4n) is 4.15. The molecule has 1 aliphatic carbocycles. The first-order valence-electron chi connectivity index (χ1n) is 11.3. The molecule has 1 atom stereocenters. The number of nitrogens with one attached hydrogen (secondary N) is 2. The maximum atomic E-state index is 13.3. The van der Waals surface area contributed by atoms with Crippen molar-refractivity contribution in [2.75, 3.05) is 33.9 Å². The van der Waals surface area contributed by atoms with E-state index >= 15 is 0 Å². The van der Waals surface area contributed by atoms with E-state index in [1.165, 1.54) is 36.7 Å². The van der Waals surface area contributed by atoms with Crippen molar-refractivity contribution in [3.63, 3.8) is 0 Å². The zero-order chi connectivity index (χ0) is 23.8. The lowest BCUT2D eigenvalue weighted by Crippen LogP contribution is -2.53. The number of methoxy groups -OCH3 is 2. The predicted molar refractivity (Wildman–Crippen MR) is 120 cm³/mol. The average molecular weight is 484 g/mol. The van der Waals surface area contributed by atoms with Gasteiger partial charge in [-0.25, -0.2) is 8.42 Å². The van der Waals surface area contributed by atoms with Crippen LogP contribution in [0.4, 0.5) is 0 Å². The van der Waals surface area contributed by atoms with Gasteiger partial charge in [0.05, 0.1) is 32.3 Å². The Labute approximate surface area is 195 Å². The Hall–Kier alpha value is -2.37. The zero-order valence-electron chi connectivity index (χ0n) is 19.2. The number of hydrogen-bond donors (Lipinski definition) is 2. The highest BCUT2D eigenvalue weighted by Gasteiger charge is 2.35. The molecule has 0 bridgehead atoms. The van der Waals surface area contributed by atoms with Crippen LogP contribution in [0.2, 0.25) is 0 Å². The number of nitrogens with zero attached hydrogens (tertiary/aromatic N) is 1. The van der Waals surface area contributed by atoms with Crippen molar-refractivity contribution in [3.8, 4) is 11.5 Å². The number of amides is 2. The van der Waals surface area contributed by atoms with Crippen molar-refractivity contribution >= 4 is 21.8 Å². The third kappa shape index (κ3) is 6.36. The predicted octanol–water partition coefficient (Wildman–Crippen LogP) is 1.40. The van der Waals surface area contributed by atoms with Crippen LogP contribution in [-0.2, 0) is 24.3 Å². The fourth-order valence-corrected chi connectivity index (χ4v) is 5.73. The number of carbonyl (C=O) groups is 2. The van der Waals surface area contributed by atoms with Crippen LogP contribution in [0.5, 0.6) is 11.5 Å². The van der Waals surface area contributed by atoms with E-state index in [0.29, 0.717) is 18.8 Å². The van der Waals surface area contributed by atoms with Gasteiger partial charge in [0, 0.05) is 18.7 Å². The highest BCUT2D eigenvalue weighted by molar-refractivity contribution is 7.89. The van der Waals surface area contributed by atoms with Crippen molar-refractivity contribution in [2.45, 2.75) is 62.1 Å². The second-order valence-electron chi connectivity index (χ2n) is 8.18. The van der Waals surface area contributed by atoms with Gasteiger partial charge in [-0.05, 0) is 31.4 Å². The van der Waals surface area contributed by atoms with Crippen molar-refractivity contribution in [3.05, 3.63) is 18.2 Å². The minimum atomic E-state index is -3.94. The molecule has 1 heterocycles. The number of rotatable bonds is 7. The molecule has 2 fully saturated rings. The van der Waals surface area contributed by atoms with E-state index in [9.17, 15) is 18.0 Å². The van der Waals surface area contributed by atoms with Gasteiger partial charge in [0.1, 0.15) is 6.23 Å². The molecule has 3 rings (SSSR count). The van der Waals surface area contributed by atoms with Crippen LogP contribution < -0.4 is 20.1 Å². The molecule has 1 saturated heterocycles. The number of sulfonamides is 1. The average Bonchev–Trinajstić information content (AvgIpc) is 3.10. The lowest BCUT2D eigenvalue weighted by Gasteiger charge is -2.34. The zero-order valence-corrected chi connectivity index (χ0v) is 20.0. The van der Waals surface area contributed by atoms with Gasteiger partial charge in [0.25, 0.3) is 0 Å². The Balaban J connectivity index is 1.64. The van der Waals surface area contributed by atoms with Crippen molar-refractivity contribution in [1.82, 2.24) is 14.9 Å². The van der Waals surface area contributed by atoms with Crippen LogP contribution in [0.15, 0.2) is 23.1 Å². The summed E-state index contributed by atoms with van der Waals surface area (Å²) in [5, 5.41) is 5.31. The van der Waals surface area contributed by atoms with Gasteiger partial charge < -0.3 is 24.8 Å². The minimum absolute atomic E-state index is 0.00129. The summed E-state index contributed by atoms with van der Waals surface area (Å²) < 4.78 is 43.8. The highest BCUT2D eigenvalue weighted by atomic mass is 32.2. The van der Waals surface area contributed by atoms with E-state index < -0.39 is 28.1 Å². The van der Waals surface area contributed by atoms with Gasteiger partial charge in [0.2, 0.25) is 10.0 Å². The van der Waals surface area contributed by atoms with Crippen molar-refractivity contribution in [1.29, 1.82) is 0 Å². The van der Waals surface area contributed by atoms with Crippen LogP contribution in [0, 0.1) is 0 Å². The molecule has 1 aromatic carbocycles. The maximum Gasteiger partial charge on any atom is 0.309 e. The summed E-state index contributed by atoms with van der Waals surface area (Å²) in [5.74, 6) is -0.796. The molecule has 0 unspecified atom stereocenters. The molecular formula is C22H33N3O7S. The van der Waals surface area contributed by atoms with Crippen LogP contribution >= 0.6 is 0 Å². The molecule has 2 N–H and O–H groups in total. The van der Waals surface area contributed by atoms with Crippen molar-refractivity contribution < 1.29 is 32.2 Å². The van der Waals surface area contributed by atoms with E-state index in [4.69, 9.17) is 14.2 Å². The first-order valence-corrected chi connectivity index (χ1v) is 12.7. The van der Waals surface area contributed by atoms with Crippen LogP contribution in [-0.4, -0.2) is 70.7 Å². The van der Waals surface area contributed by atoms with E-state index in [0.717, 1.165) is 38.5 Å². The monoisotopic (exact) mass is 483 g/mol. The Morgan fingerprint density at radius 1 is 1.03 bits per heavy atom. The lowest BCUT2D eigenvalue weighted by molar-refractivity contribution is -0.140. The number of benzene rings is 1. The van der Waals surface area contributed by atoms with E-state index in [1.54, 1.807) is 0 Å². The van der Waals surface area contributed by atoms with Crippen LogP contribution in [0.1, 0.15) is 44.9 Å². The largest absolute Gasteiger partial charge is 0.493 e. The van der Waals surface area contributed by atoms with Gasteiger partial charge in [0.15, 0.2) is 11.5 Å². The topological polar surface area (TPSA) is 123 Å². The molecule has 184 valence electrons. The standard InChI is InChI=1S/C22H33N3O7S/c1-30-18-11-10-17(14-19(18)31-2)33(28,29)25-12-7-13-32-20(25)15-23-21(26)22(27)24-16-8-5-3-4-6-9-16/h10-11,14,16,20H,3-9,12-13,15H2,1-2H3,(H,23,26)(H,24,27)/t20-/m0/s1. The Morgan fingerprint density at radius 2 is 1.73 bits per heavy atom. The summed E-state index contributed by atoms with van der Waals surface area (Å²) in [6, 6.07) is 4.34. The first kappa shape index (κ1) is 25.3. The highest BCUT2D eigenvalue weighted by Crippen LogP contribution is 2.31. The molecular weight excluding hydrogens is 450 g/mol. The molecule has 0 aromatic heterocycles. The molecule has 1 aliphatic heterocycles. The summed E-state index contributed by atoms with van der Waals surface area (Å²) >= 11 is 0. The molecule has 1 saturated carbocycles. The number of carbonyl (C=O) groups excluding carboxylic acids is 2. The molecule has 0 spiro atoms. The molecule has 0 radical (unpaired) electrons. The summed E-state index contributed by atoms with van der Waals surface area (Å²) in [5.41, 5.74) is 0. The van der Waals surface area contributed by atoms with Crippen molar-refractivity contribution in [2.24, 2.45) is 0 Å². The summed E-state index contributed by atoms with van der Waals surface area (Å²) in [4.78, 5) is 24.7. The SMILES string of the molecule is COc1ccc(S(=O)(=O)N2CCCO[C@H]2CNC(=O)C(=O)NC2CCCCCC2)cc1OC. The third-order valence-electron chi connectivity index (χ3n) is 5.95. The summed E-state index contributed by atoms with van der Waals surface area (Å²) in [6.07, 6.45) is 5.66. The second-order valence-corrected chi connectivity index (χ2v) is 10.1. The Kier molecular flexibility index (Phi) is 8.93. The maximum absolute atomic E-state index is 13.3. The van der Waals surface area contributed by atoms with Gasteiger partial charge in [-0.1, -0.05) is 25.7 Å². The van der Waals surface area contributed by atoms with Crippen LogP contribution in [0.3, 0.4) is 0 Å². The fraction of sp³-hybridized carbons (Fsp3) is 0.636. The molecule has 2 aliphatic rings. The normalized spacial score (nSPS) is 20.5.